The molecule has 3 atom stereocenters. The first kappa shape index (κ1) is 23.0. The number of fused-ring (bicyclic) bond motifs is 3. The van der Waals surface area contributed by atoms with Crippen molar-refractivity contribution < 1.29 is 19.1 Å². The molecule has 3 aliphatic rings. The van der Waals surface area contributed by atoms with Crippen LogP contribution in [0.25, 0.3) is 21.8 Å². The molecule has 1 saturated heterocycles. The molecule has 0 amide bonds. The van der Waals surface area contributed by atoms with Gasteiger partial charge < -0.3 is 19.4 Å². The zero-order chi connectivity index (χ0) is 24.8. The van der Waals surface area contributed by atoms with E-state index in [0.29, 0.717) is 24.3 Å². The van der Waals surface area contributed by atoms with Crippen molar-refractivity contribution in [3.63, 3.8) is 0 Å². The predicted octanol–water partition coefficient (Wildman–Crippen LogP) is 5.36. The number of esters is 1. The van der Waals surface area contributed by atoms with Crippen LogP contribution >= 0.6 is 0 Å². The van der Waals surface area contributed by atoms with Crippen molar-refractivity contribution in [2.24, 2.45) is 5.92 Å². The lowest BCUT2D eigenvalue weighted by atomic mass is 9.71. The summed E-state index contributed by atoms with van der Waals surface area (Å²) in [7, 11) is 0. The zero-order valence-electron chi connectivity index (χ0n) is 20.7. The molecular weight excluding hydrogens is 452 g/mol. The van der Waals surface area contributed by atoms with Crippen LogP contribution in [-0.2, 0) is 25.6 Å². The molecule has 0 bridgehead atoms. The minimum atomic E-state index is -0.677. The molecule has 2 aromatic carbocycles. The van der Waals surface area contributed by atoms with Crippen LogP contribution in [0.1, 0.15) is 50.5 Å². The molecule has 186 valence electrons. The Morgan fingerprint density at radius 3 is 2.78 bits per heavy atom. The number of benzene rings is 2. The number of carbonyl (C=O) groups excluding carboxylic acids is 2. The van der Waals surface area contributed by atoms with E-state index in [1.807, 2.05) is 0 Å². The lowest BCUT2D eigenvalue weighted by Gasteiger charge is -2.38. The monoisotopic (exact) mass is 484 g/mol. The number of aromatic nitrogens is 1. The molecule has 6 rings (SSSR count). The highest BCUT2D eigenvalue weighted by Gasteiger charge is 2.44. The molecule has 0 spiro atoms. The number of aryl methyl sites for hydroxylation is 1. The highest BCUT2D eigenvalue weighted by molar-refractivity contribution is 6.08. The maximum Gasteiger partial charge on any atom is 0.315 e. The fourth-order valence-corrected chi connectivity index (χ4v) is 6.28. The molecule has 3 unspecified atom stereocenters. The van der Waals surface area contributed by atoms with Crippen LogP contribution in [0.4, 0.5) is 0 Å². The van der Waals surface area contributed by atoms with E-state index < -0.39 is 11.8 Å². The number of nitrogens with zero attached hydrogens (tertiary/aromatic N) is 1. The Balaban J connectivity index is 1.46. The van der Waals surface area contributed by atoms with Crippen LogP contribution in [0.15, 0.2) is 66.0 Å². The highest BCUT2D eigenvalue weighted by atomic mass is 16.6. The van der Waals surface area contributed by atoms with Gasteiger partial charge >= 0.3 is 5.97 Å². The van der Waals surface area contributed by atoms with Crippen molar-refractivity contribution in [3.8, 4) is 0 Å². The number of ether oxygens (including phenoxy) is 2. The third-order valence-corrected chi connectivity index (χ3v) is 7.95. The van der Waals surface area contributed by atoms with E-state index in [1.54, 1.807) is 0 Å². The molecule has 0 saturated carbocycles. The summed E-state index contributed by atoms with van der Waals surface area (Å²) in [6.45, 7) is 8.17. The Morgan fingerprint density at radius 1 is 1.14 bits per heavy atom. The molecule has 3 aromatic rings. The Labute approximate surface area is 210 Å². The molecule has 1 aromatic heterocycles. The molecule has 6 nitrogen and oxygen atoms in total. The van der Waals surface area contributed by atoms with Gasteiger partial charge in [0, 0.05) is 64.3 Å². The van der Waals surface area contributed by atoms with Crippen LogP contribution in [0.5, 0.6) is 0 Å². The number of ketones is 1. The molecule has 3 heterocycles. The van der Waals surface area contributed by atoms with E-state index in [2.05, 4.69) is 65.9 Å². The summed E-state index contributed by atoms with van der Waals surface area (Å²) < 4.78 is 13.7. The Bertz CT molecular complexity index is 1410. The number of allylic oxidation sites excluding steroid dienone is 2. The van der Waals surface area contributed by atoms with Gasteiger partial charge in [-0.25, -0.2) is 0 Å². The quantitative estimate of drug-likeness (QED) is 0.494. The van der Waals surface area contributed by atoms with Crippen molar-refractivity contribution in [2.75, 3.05) is 13.2 Å². The third-order valence-electron chi connectivity index (χ3n) is 7.95. The fraction of sp³-hybridized carbons (Fsp3) is 0.400. The van der Waals surface area contributed by atoms with E-state index in [9.17, 15) is 9.59 Å². The molecule has 6 heteroatoms. The van der Waals surface area contributed by atoms with E-state index in [-0.39, 0.29) is 24.5 Å². The second kappa shape index (κ2) is 9.25. The summed E-state index contributed by atoms with van der Waals surface area (Å²) in [6, 6.07) is 14.8. The average molecular weight is 485 g/mol. The lowest BCUT2D eigenvalue weighted by molar-refractivity contribution is -0.151. The standard InChI is InChI=1S/C30H32N2O4/c1-3-32-24-11-5-4-9-21(24)22-16-19(13-14-25(22)32)28-27(30(34)36-17-20-8-7-15-35-20)18(2)31-23-10-6-12-26(33)29(23)28/h4-5,9,11,13-14,16,20,27-28,31H,2-3,6-8,10,12,15,17H2,1H3. The van der Waals surface area contributed by atoms with Gasteiger partial charge in [0.1, 0.15) is 12.5 Å². The molecule has 2 aliphatic heterocycles. The average Bonchev–Trinajstić information content (AvgIpc) is 3.52. The number of hydrogen-bond acceptors (Lipinski definition) is 5. The van der Waals surface area contributed by atoms with Crippen molar-refractivity contribution >= 4 is 33.6 Å². The smallest absolute Gasteiger partial charge is 0.315 e. The number of Topliss-reactive ketones (excluding diaryl/α,β-unsaturated/α-hetero) is 1. The Hall–Kier alpha value is -3.38. The Morgan fingerprint density at radius 2 is 1.97 bits per heavy atom. The van der Waals surface area contributed by atoms with E-state index in [4.69, 9.17) is 9.47 Å². The first-order valence-electron chi connectivity index (χ1n) is 13.1. The number of nitrogens with one attached hydrogen (secondary N) is 1. The van der Waals surface area contributed by atoms with E-state index >= 15 is 0 Å². The first-order chi connectivity index (χ1) is 17.6. The maximum absolute atomic E-state index is 13.5. The summed E-state index contributed by atoms with van der Waals surface area (Å²) in [5, 5.41) is 5.62. The van der Waals surface area contributed by atoms with Gasteiger partial charge in [0.25, 0.3) is 0 Å². The molecular formula is C30H32N2O4. The summed E-state index contributed by atoms with van der Waals surface area (Å²) in [5.74, 6) is -1.35. The van der Waals surface area contributed by atoms with Crippen molar-refractivity contribution in [3.05, 3.63) is 71.6 Å². The minimum Gasteiger partial charge on any atom is -0.462 e. The van der Waals surface area contributed by atoms with E-state index in [0.717, 1.165) is 54.4 Å². The lowest BCUT2D eigenvalue weighted by Crippen LogP contribution is -2.41. The molecule has 0 radical (unpaired) electrons. The van der Waals surface area contributed by atoms with E-state index in [1.165, 1.54) is 10.9 Å². The van der Waals surface area contributed by atoms with Crippen LogP contribution in [0.3, 0.4) is 0 Å². The van der Waals surface area contributed by atoms with Crippen LogP contribution in [0, 0.1) is 5.92 Å². The predicted molar refractivity (Wildman–Crippen MR) is 139 cm³/mol. The number of hydrogen-bond donors (Lipinski definition) is 1. The van der Waals surface area contributed by atoms with Gasteiger partial charge in [-0.3, -0.25) is 9.59 Å². The van der Waals surface area contributed by atoms with Gasteiger partial charge in [-0.15, -0.1) is 0 Å². The second-order valence-corrected chi connectivity index (χ2v) is 10.1. The largest absolute Gasteiger partial charge is 0.462 e. The molecule has 1 aliphatic carbocycles. The van der Waals surface area contributed by atoms with Gasteiger partial charge in [0.15, 0.2) is 5.78 Å². The van der Waals surface area contributed by atoms with Crippen molar-refractivity contribution in [1.82, 2.24) is 9.88 Å². The first-order valence-corrected chi connectivity index (χ1v) is 13.1. The molecule has 1 fully saturated rings. The normalized spacial score (nSPS) is 24.3. The van der Waals surface area contributed by atoms with Gasteiger partial charge in [-0.2, -0.15) is 0 Å². The van der Waals surface area contributed by atoms with Gasteiger partial charge in [-0.1, -0.05) is 30.8 Å². The zero-order valence-corrected chi connectivity index (χ0v) is 20.7. The number of rotatable bonds is 5. The van der Waals surface area contributed by atoms with Crippen LogP contribution in [-0.4, -0.2) is 35.6 Å². The van der Waals surface area contributed by atoms with Gasteiger partial charge in [0.2, 0.25) is 0 Å². The summed E-state index contributed by atoms with van der Waals surface area (Å²) in [5.41, 5.74) is 5.50. The SMILES string of the molecule is C=C1NC2=C(C(=O)CCC2)C(c2ccc3c(c2)c2ccccc2n3CC)C1C(=O)OCC1CCCO1. The number of para-hydroxylation sites is 1. The topological polar surface area (TPSA) is 69.6 Å². The summed E-state index contributed by atoms with van der Waals surface area (Å²) in [6.07, 6.45) is 3.91. The van der Waals surface area contributed by atoms with Gasteiger partial charge in [0.05, 0.1) is 6.10 Å². The van der Waals surface area contributed by atoms with Gasteiger partial charge in [-0.05, 0) is 56.4 Å². The summed E-state index contributed by atoms with van der Waals surface area (Å²) in [4.78, 5) is 26.8. The molecule has 36 heavy (non-hydrogen) atoms. The van der Waals surface area contributed by atoms with Crippen molar-refractivity contribution in [2.45, 2.75) is 57.6 Å². The number of carbonyl (C=O) groups is 2. The minimum absolute atomic E-state index is 0.0557. The van der Waals surface area contributed by atoms with Crippen LogP contribution in [0.2, 0.25) is 0 Å². The maximum atomic E-state index is 13.5. The Kier molecular flexibility index (Phi) is 5.92. The molecule has 1 N–H and O–H groups in total. The summed E-state index contributed by atoms with van der Waals surface area (Å²) >= 11 is 0. The van der Waals surface area contributed by atoms with Crippen LogP contribution < -0.4 is 5.32 Å². The van der Waals surface area contributed by atoms with Crippen molar-refractivity contribution in [1.29, 1.82) is 0 Å². The highest BCUT2D eigenvalue weighted by Crippen LogP contribution is 2.45. The third kappa shape index (κ3) is 3.75. The second-order valence-electron chi connectivity index (χ2n) is 10.1. The fourth-order valence-electron chi connectivity index (χ4n) is 6.28.